The van der Waals surface area contributed by atoms with Crippen molar-refractivity contribution in [2.45, 2.75) is 6.92 Å². The number of rotatable bonds is 3. The molecule has 0 aromatic heterocycles. The molecule has 0 aliphatic rings. The number of nitrogens with zero attached hydrogens (tertiary/aromatic N) is 1. The van der Waals surface area contributed by atoms with Crippen molar-refractivity contribution in [3.05, 3.63) is 47.0 Å². The average Bonchev–Trinajstić information content (AvgIpc) is 2.30. The first-order valence-electron chi connectivity index (χ1n) is 4.56. The quantitative estimate of drug-likeness (QED) is 0.339. The minimum atomic E-state index is -0.667. The highest BCUT2D eigenvalue weighted by Crippen LogP contribution is 2.15. The average molecular weight is 219 g/mol. The third kappa shape index (κ3) is 2.26. The molecule has 0 heterocycles. The van der Waals surface area contributed by atoms with Crippen LogP contribution in [0.15, 0.2) is 35.6 Å². The van der Waals surface area contributed by atoms with Crippen molar-refractivity contribution in [1.82, 2.24) is 0 Å². The van der Waals surface area contributed by atoms with Crippen LogP contribution >= 0.6 is 0 Å². The van der Waals surface area contributed by atoms with Gasteiger partial charge >= 0.3 is 0 Å². The SMILES string of the molecule is CO/C(C)=C(\C#N)C(=O)c1ccccc1F. The van der Waals surface area contributed by atoms with Crippen molar-refractivity contribution in [2.75, 3.05) is 7.11 Å². The van der Waals surface area contributed by atoms with Gasteiger partial charge in [-0.3, -0.25) is 4.79 Å². The normalized spacial score (nSPS) is 11.4. The fraction of sp³-hybridized carbons (Fsp3) is 0.167. The van der Waals surface area contributed by atoms with Crippen molar-refractivity contribution in [2.24, 2.45) is 0 Å². The summed E-state index contributed by atoms with van der Waals surface area (Å²) in [5, 5.41) is 8.82. The van der Waals surface area contributed by atoms with Gasteiger partial charge in [-0.1, -0.05) is 12.1 Å². The van der Waals surface area contributed by atoms with Crippen molar-refractivity contribution in [3.8, 4) is 6.07 Å². The number of hydrogen-bond donors (Lipinski definition) is 0. The molecule has 0 saturated carbocycles. The molecule has 0 aliphatic carbocycles. The second-order valence-corrected chi connectivity index (χ2v) is 3.06. The van der Waals surface area contributed by atoms with Crippen LogP contribution < -0.4 is 0 Å². The standard InChI is InChI=1S/C12H10FNO2/c1-8(16-2)10(7-14)12(15)9-5-3-4-6-11(9)13/h3-6H,1-2H3/b10-8+. The number of carbonyl (C=O) groups is 1. The van der Waals surface area contributed by atoms with Crippen molar-refractivity contribution in [3.63, 3.8) is 0 Å². The van der Waals surface area contributed by atoms with Crippen LogP contribution in [0.2, 0.25) is 0 Å². The van der Waals surface area contributed by atoms with Crippen LogP contribution in [-0.4, -0.2) is 12.9 Å². The molecule has 0 N–H and O–H groups in total. The molecular weight excluding hydrogens is 209 g/mol. The summed E-state index contributed by atoms with van der Waals surface area (Å²) in [4.78, 5) is 11.8. The number of ether oxygens (including phenoxy) is 1. The van der Waals surface area contributed by atoms with E-state index < -0.39 is 11.6 Å². The number of hydrogen-bond acceptors (Lipinski definition) is 3. The fourth-order valence-electron chi connectivity index (χ4n) is 1.17. The van der Waals surface area contributed by atoms with Crippen LogP contribution in [0.3, 0.4) is 0 Å². The number of carbonyl (C=O) groups excluding carboxylic acids is 1. The Morgan fingerprint density at radius 1 is 1.44 bits per heavy atom. The van der Waals surface area contributed by atoms with Gasteiger partial charge in [0.1, 0.15) is 23.2 Å². The second kappa shape index (κ2) is 5.08. The van der Waals surface area contributed by atoms with Crippen LogP contribution in [0.1, 0.15) is 17.3 Å². The molecule has 1 aromatic rings. The van der Waals surface area contributed by atoms with Gasteiger partial charge in [0.15, 0.2) is 0 Å². The molecule has 0 bridgehead atoms. The number of nitriles is 1. The van der Waals surface area contributed by atoms with Crippen LogP contribution in [0.5, 0.6) is 0 Å². The topological polar surface area (TPSA) is 50.1 Å². The van der Waals surface area contributed by atoms with Gasteiger partial charge in [-0.2, -0.15) is 5.26 Å². The first-order valence-corrected chi connectivity index (χ1v) is 4.56. The fourth-order valence-corrected chi connectivity index (χ4v) is 1.17. The summed E-state index contributed by atoms with van der Waals surface area (Å²) in [6.07, 6.45) is 0. The van der Waals surface area contributed by atoms with Gasteiger partial charge in [0.25, 0.3) is 0 Å². The smallest absolute Gasteiger partial charge is 0.209 e. The summed E-state index contributed by atoms with van der Waals surface area (Å²) in [5.41, 5.74) is -0.317. The summed E-state index contributed by atoms with van der Waals surface area (Å²) < 4.78 is 18.1. The highest BCUT2D eigenvalue weighted by molar-refractivity contribution is 6.11. The first-order chi connectivity index (χ1) is 7.61. The van der Waals surface area contributed by atoms with Crippen LogP contribution in [0.25, 0.3) is 0 Å². The van der Waals surface area contributed by atoms with Crippen molar-refractivity contribution in [1.29, 1.82) is 5.26 Å². The van der Waals surface area contributed by atoms with Gasteiger partial charge < -0.3 is 4.74 Å². The van der Waals surface area contributed by atoms with E-state index in [0.29, 0.717) is 0 Å². The molecule has 0 spiro atoms. The number of halogens is 1. The first kappa shape index (κ1) is 11.9. The Morgan fingerprint density at radius 3 is 2.56 bits per heavy atom. The lowest BCUT2D eigenvalue weighted by Gasteiger charge is -2.04. The second-order valence-electron chi connectivity index (χ2n) is 3.06. The summed E-state index contributed by atoms with van der Waals surface area (Å²) >= 11 is 0. The maximum absolute atomic E-state index is 13.3. The molecule has 0 aliphatic heterocycles. The summed E-state index contributed by atoms with van der Waals surface area (Å²) in [6.45, 7) is 1.48. The maximum atomic E-state index is 13.3. The maximum Gasteiger partial charge on any atom is 0.209 e. The number of allylic oxidation sites excluding steroid dienone is 2. The Labute approximate surface area is 92.8 Å². The molecule has 0 radical (unpaired) electrons. The predicted octanol–water partition coefficient (Wildman–Crippen LogP) is 2.45. The van der Waals surface area contributed by atoms with E-state index in [9.17, 15) is 9.18 Å². The zero-order chi connectivity index (χ0) is 12.1. The lowest BCUT2D eigenvalue weighted by molar-refractivity contribution is 0.102. The van der Waals surface area contributed by atoms with Gasteiger partial charge in [0, 0.05) is 0 Å². The molecule has 3 nitrogen and oxygen atoms in total. The van der Waals surface area contributed by atoms with E-state index in [1.165, 1.54) is 38.3 Å². The zero-order valence-electron chi connectivity index (χ0n) is 8.95. The summed E-state index contributed by atoms with van der Waals surface area (Å²) in [6, 6.07) is 7.23. The molecule has 0 fully saturated rings. The molecule has 0 amide bonds. The summed E-state index contributed by atoms with van der Waals surface area (Å²) in [5.74, 6) is -1.14. The molecular formula is C12H10FNO2. The van der Waals surface area contributed by atoms with E-state index >= 15 is 0 Å². The Morgan fingerprint density at radius 2 is 2.06 bits per heavy atom. The van der Waals surface area contributed by atoms with Crippen LogP contribution in [-0.2, 0) is 4.74 Å². The lowest BCUT2D eigenvalue weighted by Crippen LogP contribution is -2.07. The Balaban J connectivity index is 3.23. The molecule has 82 valence electrons. The number of Topliss-reactive ketones (excluding diaryl/α,β-unsaturated/α-hetero) is 1. The van der Waals surface area contributed by atoms with Gasteiger partial charge in [-0.05, 0) is 19.1 Å². The Kier molecular flexibility index (Phi) is 3.78. The summed E-state index contributed by atoms with van der Waals surface area (Å²) in [7, 11) is 1.35. The van der Waals surface area contributed by atoms with E-state index in [1.54, 1.807) is 6.07 Å². The van der Waals surface area contributed by atoms with Gasteiger partial charge in [0.05, 0.1) is 12.7 Å². The molecule has 1 rings (SSSR count). The molecule has 4 heteroatoms. The molecule has 16 heavy (non-hydrogen) atoms. The number of benzene rings is 1. The molecule has 0 unspecified atom stereocenters. The highest BCUT2D eigenvalue weighted by Gasteiger charge is 2.18. The van der Waals surface area contributed by atoms with E-state index in [1.807, 2.05) is 0 Å². The third-order valence-electron chi connectivity index (χ3n) is 2.12. The van der Waals surface area contributed by atoms with Gasteiger partial charge in [-0.15, -0.1) is 0 Å². The molecule has 1 aromatic carbocycles. The monoisotopic (exact) mass is 219 g/mol. The van der Waals surface area contributed by atoms with Crippen molar-refractivity contribution >= 4 is 5.78 Å². The van der Waals surface area contributed by atoms with Crippen molar-refractivity contribution < 1.29 is 13.9 Å². The third-order valence-corrected chi connectivity index (χ3v) is 2.12. The highest BCUT2D eigenvalue weighted by atomic mass is 19.1. The lowest BCUT2D eigenvalue weighted by atomic mass is 10.0. The van der Waals surface area contributed by atoms with Crippen LogP contribution in [0.4, 0.5) is 4.39 Å². The Bertz CT molecular complexity index is 486. The largest absolute Gasteiger partial charge is 0.500 e. The van der Waals surface area contributed by atoms with E-state index in [4.69, 9.17) is 10.00 Å². The minimum absolute atomic E-state index is 0.129. The number of ketones is 1. The zero-order valence-corrected chi connectivity index (χ0v) is 8.95. The van der Waals surface area contributed by atoms with E-state index in [-0.39, 0.29) is 16.9 Å². The molecule has 0 atom stereocenters. The number of methoxy groups -OCH3 is 1. The van der Waals surface area contributed by atoms with E-state index in [0.717, 1.165) is 0 Å². The van der Waals surface area contributed by atoms with Crippen LogP contribution in [0, 0.1) is 17.1 Å². The molecule has 0 saturated heterocycles. The minimum Gasteiger partial charge on any atom is -0.500 e. The predicted molar refractivity (Wildman–Crippen MR) is 56.1 cm³/mol. The van der Waals surface area contributed by atoms with Gasteiger partial charge in [0.2, 0.25) is 5.78 Å². The van der Waals surface area contributed by atoms with Gasteiger partial charge in [-0.25, -0.2) is 4.39 Å². The Hall–Kier alpha value is -2.15. The van der Waals surface area contributed by atoms with E-state index in [2.05, 4.69) is 0 Å².